The first-order chi connectivity index (χ1) is 21.3. The zero-order valence-corrected chi connectivity index (χ0v) is 25.9. The van der Waals surface area contributed by atoms with Gasteiger partial charge < -0.3 is 34.5 Å². The van der Waals surface area contributed by atoms with Crippen LogP contribution in [-0.2, 0) is 15.2 Å². The molecule has 0 aromatic heterocycles. The Bertz CT molecular complexity index is 1380. The number of hydrazone groups is 1. The van der Waals surface area contributed by atoms with Crippen LogP contribution in [0.1, 0.15) is 37.4 Å². The molecule has 4 N–H and O–H groups in total. The Balaban J connectivity index is 1.89. The van der Waals surface area contributed by atoms with Crippen LogP contribution in [0.15, 0.2) is 65.8 Å². The van der Waals surface area contributed by atoms with E-state index in [4.69, 9.17) is 24.1 Å². The van der Waals surface area contributed by atoms with Crippen molar-refractivity contribution >= 4 is 35.5 Å². The summed E-state index contributed by atoms with van der Waals surface area (Å²) in [6, 6.07) is 17.7. The third kappa shape index (κ3) is 11.3. The van der Waals surface area contributed by atoms with Crippen LogP contribution < -0.4 is 20.2 Å². The third-order valence-corrected chi connectivity index (χ3v) is 7.26. The van der Waals surface area contributed by atoms with E-state index < -0.39 is 17.9 Å². The molecule has 2 amide bonds. The second kappa shape index (κ2) is 18.7. The first-order valence-corrected chi connectivity index (χ1v) is 15.1. The van der Waals surface area contributed by atoms with Gasteiger partial charge in [0, 0.05) is 37.4 Å². The summed E-state index contributed by atoms with van der Waals surface area (Å²) in [7, 11) is 3.10. The van der Waals surface area contributed by atoms with Gasteiger partial charge in [-0.25, -0.2) is 5.43 Å². The Kier molecular flexibility index (Phi) is 14.7. The lowest BCUT2D eigenvalue weighted by molar-refractivity contribution is 0.0955. The van der Waals surface area contributed by atoms with E-state index in [-0.39, 0.29) is 36.8 Å². The predicted octanol–water partition coefficient (Wildman–Crippen LogP) is 3.65. The van der Waals surface area contributed by atoms with Gasteiger partial charge in [0.15, 0.2) is 11.5 Å². The number of rotatable bonds is 18. The number of thioether (sulfide) groups is 1. The number of methoxy groups -OCH3 is 2. The maximum atomic E-state index is 13.4. The topological polar surface area (TPSA) is 148 Å². The summed E-state index contributed by atoms with van der Waals surface area (Å²) in [5, 5.41) is 25.6. The Hall–Kier alpha value is -3.94. The first kappa shape index (κ1) is 34.5. The molecular formula is C32H39N3O8S. The number of anilines is 1. The van der Waals surface area contributed by atoms with Gasteiger partial charge in [0.2, 0.25) is 0 Å². The Morgan fingerprint density at radius 3 is 2.27 bits per heavy atom. The number of benzene rings is 3. The van der Waals surface area contributed by atoms with Gasteiger partial charge in [0.1, 0.15) is 13.2 Å². The van der Waals surface area contributed by atoms with Crippen LogP contribution >= 0.6 is 11.8 Å². The van der Waals surface area contributed by atoms with Gasteiger partial charge >= 0.3 is 0 Å². The summed E-state index contributed by atoms with van der Waals surface area (Å²) in [4.78, 5) is 26.8. The fourth-order valence-corrected chi connectivity index (χ4v) is 4.70. The summed E-state index contributed by atoms with van der Waals surface area (Å²) >= 11 is 1.44. The van der Waals surface area contributed by atoms with Gasteiger partial charge in [-0.1, -0.05) is 42.0 Å². The van der Waals surface area contributed by atoms with Crippen LogP contribution in [-0.4, -0.2) is 87.4 Å². The van der Waals surface area contributed by atoms with Crippen molar-refractivity contribution in [3.05, 3.63) is 88.5 Å². The maximum Gasteiger partial charge on any atom is 0.273 e. The average molecular weight is 626 g/mol. The molecule has 0 heterocycles. The molecule has 0 bridgehead atoms. The highest BCUT2D eigenvalue weighted by Crippen LogP contribution is 2.34. The lowest BCUT2D eigenvalue weighted by atomic mass is 10.1. The Labute approximate surface area is 261 Å². The fraction of sp³-hybridized carbons (Fsp3) is 0.344. The average Bonchev–Trinajstić information content (AvgIpc) is 3.03. The van der Waals surface area contributed by atoms with Gasteiger partial charge in [0.25, 0.3) is 11.8 Å². The summed E-state index contributed by atoms with van der Waals surface area (Å²) < 4.78 is 21.9. The van der Waals surface area contributed by atoms with E-state index in [2.05, 4.69) is 15.8 Å². The highest BCUT2D eigenvalue weighted by Gasteiger charge is 2.20. The minimum atomic E-state index is -0.806. The molecule has 11 nitrogen and oxygen atoms in total. The lowest BCUT2D eigenvalue weighted by Gasteiger charge is -2.17. The van der Waals surface area contributed by atoms with Gasteiger partial charge in [-0.2, -0.15) is 16.9 Å². The van der Waals surface area contributed by atoms with Gasteiger partial charge in [-0.05, 0) is 36.2 Å². The fourth-order valence-electron chi connectivity index (χ4n) is 3.79. The summed E-state index contributed by atoms with van der Waals surface area (Å²) in [6.45, 7) is 2.71. The van der Waals surface area contributed by atoms with Crippen molar-refractivity contribution in [2.75, 3.05) is 58.3 Å². The van der Waals surface area contributed by atoms with Crippen molar-refractivity contribution < 1.29 is 38.7 Å². The molecule has 0 fully saturated rings. The highest BCUT2D eigenvalue weighted by molar-refractivity contribution is 7.98. The number of ether oxygens (including phenoxy) is 4. The number of carbonyl (C=O) groups excluding carboxylic acids is 2. The molecule has 0 aliphatic carbocycles. The Morgan fingerprint density at radius 2 is 1.61 bits per heavy atom. The Morgan fingerprint density at radius 1 is 0.932 bits per heavy atom. The van der Waals surface area contributed by atoms with Crippen LogP contribution in [0.3, 0.4) is 0 Å². The molecule has 1 unspecified atom stereocenters. The molecule has 1 atom stereocenters. The summed E-state index contributed by atoms with van der Waals surface area (Å²) in [5.41, 5.74) is 5.96. The molecule has 0 radical (unpaired) electrons. The summed E-state index contributed by atoms with van der Waals surface area (Å²) in [5.74, 6) is 0.475. The number of hydrogen-bond donors (Lipinski definition) is 4. The van der Waals surface area contributed by atoms with Crippen molar-refractivity contribution in [1.29, 1.82) is 0 Å². The van der Waals surface area contributed by atoms with Crippen LogP contribution in [0.5, 0.6) is 11.5 Å². The normalized spacial score (nSPS) is 11.8. The number of amides is 2. The largest absolute Gasteiger partial charge is 0.487 e. The van der Waals surface area contributed by atoms with Gasteiger partial charge in [-0.15, -0.1) is 0 Å². The van der Waals surface area contributed by atoms with Crippen molar-refractivity contribution in [2.24, 2.45) is 5.10 Å². The van der Waals surface area contributed by atoms with Gasteiger partial charge in [-0.3, -0.25) is 9.59 Å². The molecule has 0 aliphatic heterocycles. The predicted molar refractivity (Wildman–Crippen MR) is 171 cm³/mol. The molecule has 0 saturated heterocycles. The number of aryl methyl sites for hydroxylation is 1. The molecule has 3 aromatic rings. The number of aliphatic hydroxyl groups is 2. The number of nitrogens with one attached hydrogen (secondary N) is 2. The zero-order valence-electron chi connectivity index (χ0n) is 25.1. The van der Waals surface area contributed by atoms with Crippen molar-refractivity contribution in [2.45, 2.75) is 18.8 Å². The van der Waals surface area contributed by atoms with Crippen molar-refractivity contribution in [3.63, 3.8) is 0 Å². The van der Waals surface area contributed by atoms with Crippen molar-refractivity contribution in [1.82, 2.24) is 5.43 Å². The number of hydrogen-bond acceptors (Lipinski definition) is 10. The second-order valence-electron chi connectivity index (χ2n) is 9.64. The highest BCUT2D eigenvalue weighted by atomic mass is 32.2. The molecule has 0 aliphatic rings. The quantitative estimate of drug-likeness (QED) is 0.0945. The molecule has 3 aromatic carbocycles. The van der Waals surface area contributed by atoms with Crippen LogP contribution in [0.25, 0.3) is 0 Å². The molecular weight excluding hydrogens is 586 g/mol. The van der Waals surface area contributed by atoms with Crippen LogP contribution in [0, 0.1) is 6.92 Å². The number of aliphatic hydroxyl groups excluding tert-OH is 2. The smallest absolute Gasteiger partial charge is 0.273 e. The molecule has 0 saturated carbocycles. The minimum absolute atomic E-state index is 0.107. The molecule has 44 heavy (non-hydrogen) atoms. The number of carbonyl (C=O) groups is 2. The van der Waals surface area contributed by atoms with E-state index in [1.807, 2.05) is 37.3 Å². The summed E-state index contributed by atoms with van der Waals surface area (Å²) in [6.07, 6.45) is 0.718. The van der Waals surface area contributed by atoms with Gasteiger partial charge in [0.05, 0.1) is 43.4 Å². The minimum Gasteiger partial charge on any atom is -0.487 e. The van der Waals surface area contributed by atoms with Crippen molar-refractivity contribution in [3.8, 4) is 11.5 Å². The molecule has 236 valence electrons. The lowest BCUT2D eigenvalue weighted by Crippen LogP contribution is -2.22. The SMILES string of the molecule is COCCOc1cc(NC(=O)c2cccc(CSCC(O)CO)c2)c(C(=O)N/N=C/c2ccc(C)cc2)cc1OCCOC. The standard InChI is InChI=1S/C32H39N3O8S/c1-22-7-9-23(10-8-22)18-33-35-32(39)27-16-29(42-13-11-40-2)30(43-14-12-41-3)17-28(27)34-31(38)25-6-4-5-24(15-25)20-44-21-26(37)19-36/h4-10,15-18,26,36-37H,11-14,19-21H2,1-3H3,(H,34,38)(H,35,39)/b33-18+. The van der Waals surface area contributed by atoms with Crippen LogP contribution in [0.4, 0.5) is 5.69 Å². The van der Waals surface area contributed by atoms with E-state index in [9.17, 15) is 14.7 Å². The molecule has 12 heteroatoms. The third-order valence-electron chi connectivity index (χ3n) is 6.10. The number of nitrogens with zero attached hydrogens (tertiary/aromatic N) is 1. The molecule has 0 spiro atoms. The van der Waals surface area contributed by atoms with Crippen LogP contribution in [0.2, 0.25) is 0 Å². The van der Waals surface area contributed by atoms with E-state index >= 15 is 0 Å². The van der Waals surface area contributed by atoms with E-state index in [1.165, 1.54) is 30.1 Å². The second-order valence-corrected chi connectivity index (χ2v) is 10.7. The maximum absolute atomic E-state index is 13.4. The van der Waals surface area contributed by atoms with E-state index in [0.29, 0.717) is 36.0 Å². The first-order valence-electron chi connectivity index (χ1n) is 13.9. The van der Waals surface area contributed by atoms with E-state index in [1.54, 1.807) is 32.4 Å². The zero-order chi connectivity index (χ0) is 31.7. The molecule has 3 rings (SSSR count). The monoisotopic (exact) mass is 625 g/mol. The van der Waals surface area contributed by atoms with E-state index in [0.717, 1.165) is 16.7 Å².